The molecule has 0 aromatic carbocycles. The molecule has 3 saturated heterocycles. The molecule has 4 heterocycles. The van der Waals surface area contributed by atoms with Gasteiger partial charge in [0.1, 0.15) is 54.4 Å². The lowest BCUT2D eigenvalue weighted by Crippen LogP contribution is -2.62. The number of imidazole rings is 1. The number of nitrogens with one attached hydrogen (secondary N) is 7. The molecule has 0 radical (unpaired) electrons. The summed E-state index contributed by atoms with van der Waals surface area (Å²) in [6.07, 6.45) is 5.65. The van der Waals surface area contributed by atoms with Crippen LogP contribution in [0.2, 0.25) is 0 Å². The molecule has 0 unspecified atom stereocenters. The van der Waals surface area contributed by atoms with Gasteiger partial charge >= 0.3 is 5.97 Å². The van der Waals surface area contributed by atoms with E-state index in [0.29, 0.717) is 37.8 Å². The number of carboxylic acids is 1. The van der Waals surface area contributed by atoms with Gasteiger partial charge in [0.2, 0.25) is 53.2 Å². The summed E-state index contributed by atoms with van der Waals surface area (Å²) in [6.45, 7) is 13.4. The zero-order valence-electron chi connectivity index (χ0n) is 42.9. The standard InChI is InChI=1S/C48H78N12O12/c1-9-28(8)39(57-40(63)32(23-61)54-41(64)33-13-10-16-58(33)45(68)30(19-25(2)3)52-36(62)21-49)47(70)60-18-12-15-35(60)42(65)55-37(26(4)5)44(67)53-31(20-29-22-50-24-51-29)46(69)59-17-11-14-34(59)43(66)56-38(27(6)7)48(71)72/h22,24-28,30-35,37-39,61H,9-21,23,49H2,1-8H3,(H,50,51)(H,52,62)(H,53,67)(H,54,64)(H,55,65)(H,56,66)(H,57,63)(H,71,72)/t28-,30-,31-,32-,33-,34-,35-,37-,38-,39-/m0/s1. The molecule has 24 heteroatoms. The Kier molecular flexibility index (Phi) is 21.9. The van der Waals surface area contributed by atoms with Gasteiger partial charge in [0, 0.05) is 37.9 Å². The lowest BCUT2D eigenvalue weighted by atomic mass is 9.96. The molecule has 24 nitrogen and oxygen atoms in total. The summed E-state index contributed by atoms with van der Waals surface area (Å²) >= 11 is 0. The molecule has 9 amide bonds. The number of H-pyrrole nitrogens is 1. The second kappa shape index (κ2) is 27.0. The van der Waals surface area contributed by atoms with Gasteiger partial charge in [-0.1, -0.05) is 61.8 Å². The van der Waals surface area contributed by atoms with E-state index in [1.54, 1.807) is 41.5 Å². The predicted octanol–water partition coefficient (Wildman–Crippen LogP) is -1.73. The van der Waals surface area contributed by atoms with Crippen LogP contribution in [0, 0.1) is 23.7 Å². The number of aromatic amines is 1. The van der Waals surface area contributed by atoms with Crippen LogP contribution in [0.1, 0.15) is 112 Å². The number of carboxylic acid groups (broad SMARTS) is 1. The van der Waals surface area contributed by atoms with E-state index in [1.165, 1.54) is 27.2 Å². The third kappa shape index (κ3) is 15.2. The molecule has 0 saturated carbocycles. The van der Waals surface area contributed by atoms with Gasteiger partial charge in [-0.3, -0.25) is 43.2 Å². The molecule has 3 fully saturated rings. The Morgan fingerprint density at radius 3 is 1.60 bits per heavy atom. The largest absolute Gasteiger partial charge is 0.480 e. The summed E-state index contributed by atoms with van der Waals surface area (Å²) in [6, 6.07) is -10.3. The first-order valence-electron chi connectivity index (χ1n) is 25.3. The number of aliphatic carboxylic acids is 1. The first-order chi connectivity index (χ1) is 34.0. The number of aliphatic hydroxyl groups is 1. The topological polar surface area (TPSA) is 348 Å². The average molecular weight is 1020 g/mol. The van der Waals surface area contributed by atoms with Crippen LogP contribution in [0.5, 0.6) is 0 Å². The average Bonchev–Trinajstić information content (AvgIpc) is 4.20. The minimum Gasteiger partial charge on any atom is -0.480 e. The van der Waals surface area contributed by atoms with Crippen molar-refractivity contribution in [1.29, 1.82) is 0 Å². The van der Waals surface area contributed by atoms with Crippen LogP contribution >= 0.6 is 0 Å². The molecular formula is C48H78N12O12. The van der Waals surface area contributed by atoms with E-state index in [-0.39, 0.29) is 57.8 Å². The quantitative estimate of drug-likeness (QED) is 0.0521. The monoisotopic (exact) mass is 1010 g/mol. The van der Waals surface area contributed by atoms with Crippen molar-refractivity contribution in [2.75, 3.05) is 32.8 Å². The van der Waals surface area contributed by atoms with Gasteiger partial charge in [0.25, 0.3) is 0 Å². The number of likely N-dealkylation sites (tertiary alicyclic amines) is 3. The number of nitrogens with zero attached hydrogens (tertiary/aromatic N) is 4. The number of hydrogen-bond acceptors (Lipinski definition) is 13. The number of aromatic nitrogens is 2. The van der Waals surface area contributed by atoms with Gasteiger partial charge in [0.05, 0.1) is 19.5 Å². The minimum atomic E-state index is -1.52. The predicted molar refractivity (Wildman–Crippen MR) is 260 cm³/mol. The Morgan fingerprint density at radius 1 is 0.653 bits per heavy atom. The SMILES string of the molecule is CC[C@H](C)[C@H](NC(=O)[C@H](CO)NC(=O)[C@@H]1CCCN1C(=O)[C@H](CC(C)C)NC(=O)CN)C(=O)N1CCC[C@H]1C(=O)N[C@H](C(=O)N[C@@H](Cc1cnc[nH]1)C(=O)N1CCC[C@H]1C(=O)N[C@H](C(=O)O)C(C)C)C(C)C. The van der Waals surface area contributed by atoms with Crippen LogP contribution in [0.25, 0.3) is 0 Å². The van der Waals surface area contributed by atoms with Crippen molar-refractivity contribution in [2.24, 2.45) is 29.4 Å². The Bertz CT molecular complexity index is 2090. The van der Waals surface area contributed by atoms with E-state index < -0.39 is 138 Å². The highest BCUT2D eigenvalue weighted by Gasteiger charge is 2.44. The normalized spacial score (nSPS) is 20.8. The highest BCUT2D eigenvalue weighted by molar-refractivity contribution is 5.99. The molecule has 11 N–H and O–H groups in total. The maximum atomic E-state index is 14.5. The molecule has 0 bridgehead atoms. The summed E-state index contributed by atoms with van der Waals surface area (Å²) in [5, 5.41) is 36.0. The van der Waals surface area contributed by atoms with Gasteiger partial charge in [-0.2, -0.15) is 0 Å². The van der Waals surface area contributed by atoms with Crippen LogP contribution in [0.15, 0.2) is 12.5 Å². The summed E-state index contributed by atoms with van der Waals surface area (Å²) < 4.78 is 0. The molecule has 0 spiro atoms. The first kappa shape index (κ1) is 58.4. The highest BCUT2D eigenvalue weighted by atomic mass is 16.4. The Morgan fingerprint density at radius 2 is 1.15 bits per heavy atom. The van der Waals surface area contributed by atoms with E-state index in [2.05, 4.69) is 41.9 Å². The fourth-order valence-corrected chi connectivity index (χ4v) is 9.46. The number of carbonyl (C=O) groups excluding carboxylic acids is 9. The second-order valence-corrected chi connectivity index (χ2v) is 20.3. The van der Waals surface area contributed by atoms with Gasteiger partial charge in [0.15, 0.2) is 0 Å². The lowest BCUT2D eigenvalue weighted by molar-refractivity contribution is -0.146. The van der Waals surface area contributed by atoms with Crippen LogP contribution in [-0.4, -0.2) is 181 Å². The van der Waals surface area contributed by atoms with Crippen molar-refractivity contribution in [3.05, 3.63) is 18.2 Å². The number of hydrogen-bond donors (Lipinski definition) is 10. The molecule has 3 aliphatic heterocycles. The molecule has 72 heavy (non-hydrogen) atoms. The van der Waals surface area contributed by atoms with Crippen molar-refractivity contribution in [3.63, 3.8) is 0 Å². The second-order valence-electron chi connectivity index (χ2n) is 20.3. The summed E-state index contributed by atoms with van der Waals surface area (Å²) in [5.41, 5.74) is 5.98. The van der Waals surface area contributed by atoms with Crippen LogP contribution in [-0.2, 0) is 54.4 Å². The zero-order chi connectivity index (χ0) is 53.6. The van der Waals surface area contributed by atoms with E-state index in [0.717, 1.165) is 0 Å². The molecule has 4 rings (SSSR count). The number of amides is 9. The van der Waals surface area contributed by atoms with E-state index in [4.69, 9.17) is 5.73 Å². The number of carbonyl (C=O) groups is 10. The fourth-order valence-electron chi connectivity index (χ4n) is 9.46. The van der Waals surface area contributed by atoms with Gasteiger partial charge < -0.3 is 67.5 Å². The molecule has 10 atom stereocenters. The van der Waals surface area contributed by atoms with Crippen LogP contribution in [0.3, 0.4) is 0 Å². The maximum absolute atomic E-state index is 14.5. The number of nitrogens with two attached hydrogens (primary N) is 1. The van der Waals surface area contributed by atoms with Crippen molar-refractivity contribution >= 4 is 59.1 Å². The number of rotatable bonds is 25. The van der Waals surface area contributed by atoms with Crippen molar-refractivity contribution < 1.29 is 58.2 Å². The van der Waals surface area contributed by atoms with Gasteiger partial charge in [-0.15, -0.1) is 0 Å². The Balaban J connectivity index is 1.47. The first-order valence-corrected chi connectivity index (χ1v) is 25.3. The third-order valence-corrected chi connectivity index (χ3v) is 13.7. The van der Waals surface area contributed by atoms with Crippen LogP contribution in [0.4, 0.5) is 0 Å². The van der Waals surface area contributed by atoms with Crippen molar-refractivity contribution in [2.45, 2.75) is 168 Å². The third-order valence-electron chi connectivity index (χ3n) is 13.7. The molecular weight excluding hydrogens is 937 g/mol. The molecule has 3 aliphatic rings. The van der Waals surface area contributed by atoms with Gasteiger partial charge in [-0.05, 0) is 68.6 Å². The van der Waals surface area contributed by atoms with Crippen molar-refractivity contribution in [1.82, 2.24) is 56.6 Å². The van der Waals surface area contributed by atoms with Crippen molar-refractivity contribution in [3.8, 4) is 0 Å². The smallest absolute Gasteiger partial charge is 0.326 e. The fraction of sp³-hybridized carbons (Fsp3) is 0.729. The Hall–Kier alpha value is -6.17. The number of aliphatic hydroxyl groups excluding tert-OH is 1. The highest BCUT2D eigenvalue weighted by Crippen LogP contribution is 2.25. The van der Waals surface area contributed by atoms with Gasteiger partial charge in [-0.25, -0.2) is 9.78 Å². The van der Waals surface area contributed by atoms with E-state index in [1.807, 2.05) is 13.8 Å². The molecule has 1 aromatic rings. The summed E-state index contributed by atoms with van der Waals surface area (Å²) in [5.74, 6) is -8.38. The zero-order valence-corrected chi connectivity index (χ0v) is 42.9. The summed E-state index contributed by atoms with van der Waals surface area (Å²) in [7, 11) is 0. The van der Waals surface area contributed by atoms with E-state index in [9.17, 15) is 58.2 Å². The molecule has 402 valence electrons. The lowest BCUT2D eigenvalue weighted by Gasteiger charge is -2.34. The van der Waals surface area contributed by atoms with E-state index >= 15 is 0 Å². The minimum absolute atomic E-state index is 0.0203. The summed E-state index contributed by atoms with van der Waals surface area (Å²) in [4.78, 5) is 147. The molecule has 1 aromatic heterocycles. The Labute approximate surface area is 420 Å². The molecule has 0 aliphatic carbocycles. The van der Waals surface area contributed by atoms with Crippen LogP contribution < -0.4 is 37.6 Å². The maximum Gasteiger partial charge on any atom is 0.326 e.